The van der Waals surface area contributed by atoms with Crippen LogP contribution in [0, 0.1) is 0 Å². The van der Waals surface area contributed by atoms with Crippen LogP contribution in [-0.4, -0.2) is 19.6 Å². The summed E-state index contributed by atoms with van der Waals surface area (Å²) < 4.78 is 4.82. The SMILES string of the molecule is CCc1ccc(NC(=O)CCOC)cc1N. The molecule has 0 aliphatic rings. The molecule has 16 heavy (non-hydrogen) atoms. The van der Waals surface area contributed by atoms with Gasteiger partial charge in [-0.25, -0.2) is 0 Å². The Morgan fingerprint density at radius 1 is 1.50 bits per heavy atom. The van der Waals surface area contributed by atoms with E-state index in [0.29, 0.717) is 18.7 Å². The molecular formula is C12H18N2O2. The van der Waals surface area contributed by atoms with Crippen molar-refractivity contribution < 1.29 is 9.53 Å². The number of amides is 1. The third-order valence-corrected chi connectivity index (χ3v) is 2.34. The summed E-state index contributed by atoms with van der Waals surface area (Å²) in [5.41, 5.74) is 8.37. The summed E-state index contributed by atoms with van der Waals surface area (Å²) in [6, 6.07) is 5.57. The predicted molar refractivity (Wildman–Crippen MR) is 65.4 cm³/mol. The second kappa shape index (κ2) is 6.12. The number of carbonyl (C=O) groups excluding carboxylic acids is 1. The Balaban J connectivity index is 2.61. The molecule has 0 saturated carbocycles. The number of nitrogen functional groups attached to an aromatic ring is 1. The van der Waals surface area contributed by atoms with E-state index in [4.69, 9.17) is 10.5 Å². The number of hydrogen-bond donors (Lipinski definition) is 2. The minimum absolute atomic E-state index is 0.0644. The van der Waals surface area contributed by atoms with Crippen molar-refractivity contribution in [2.24, 2.45) is 0 Å². The number of anilines is 2. The van der Waals surface area contributed by atoms with Gasteiger partial charge in [-0.3, -0.25) is 4.79 Å². The average Bonchev–Trinajstić information content (AvgIpc) is 2.26. The van der Waals surface area contributed by atoms with Crippen molar-refractivity contribution in [2.75, 3.05) is 24.8 Å². The molecule has 0 heterocycles. The van der Waals surface area contributed by atoms with Crippen LogP contribution in [0.1, 0.15) is 18.9 Å². The molecule has 0 radical (unpaired) electrons. The Morgan fingerprint density at radius 2 is 2.25 bits per heavy atom. The number of nitrogens with one attached hydrogen (secondary N) is 1. The minimum atomic E-state index is -0.0644. The van der Waals surface area contributed by atoms with Crippen molar-refractivity contribution in [3.05, 3.63) is 23.8 Å². The predicted octanol–water partition coefficient (Wildman–Crippen LogP) is 1.81. The highest BCUT2D eigenvalue weighted by atomic mass is 16.5. The molecule has 0 aliphatic heterocycles. The quantitative estimate of drug-likeness (QED) is 0.747. The number of ether oxygens (including phenoxy) is 1. The van der Waals surface area contributed by atoms with E-state index in [1.807, 2.05) is 19.1 Å². The maximum atomic E-state index is 11.4. The Bertz CT molecular complexity index is 364. The number of carbonyl (C=O) groups is 1. The van der Waals surface area contributed by atoms with Crippen LogP contribution in [0.3, 0.4) is 0 Å². The first kappa shape index (κ1) is 12.5. The highest BCUT2D eigenvalue weighted by molar-refractivity contribution is 5.91. The molecule has 0 unspecified atom stereocenters. The van der Waals surface area contributed by atoms with Gasteiger partial charge in [0.25, 0.3) is 0 Å². The van der Waals surface area contributed by atoms with Gasteiger partial charge in [-0.1, -0.05) is 13.0 Å². The molecule has 0 fully saturated rings. The molecule has 0 atom stereocenters. The van der Waals surface area contributed by atoms with E-state index in [9.17, 15) is 4.79 Å². The summed E-state index contributed by atoms with van der Waals surface area (Å²) in [7, 11) is 1.57. The zero-order valence-electron chi connectivity index (χ0n) is 9.75. The van der Waals surface area contributed by atoms with Gasteiger partial charge in [0.2, 0.25) is 5.91 Å². The van der Waals surface area contributed by atoms with Crippen molar-refractivity contribution in [3.8, 4) is 0 Å². The van der Waals surface area contributed by atoms with E-state index < -0.39 is 0 Å². The lowest BCUT2D eigenvalue weighted by Crippen LogP contribution is -2.13. The van der Waals surface area contributed by atoms with E-state index in [-0.39, 0.29) is 5.91 Å². The van der Waals surface area contributed by atoms with Gasteiger partial charge in [-0.2, -0.15) is 0 Å². The summed E-state index contributed by atoms with van der Waals surface area (Å²) in [4.78, 5) is 11.4. The van der Waals surface area contributed by atoms with Gasteiger partial charge < -0.3 is 15.8 Å². The molecular weight excluding hydrogens is 204 g/mol. The largest absolute Gasteiger partial charge is 0.398 e. The molecule has 1 aromatic carbocycles. The lowest BCUT2D eigenvalue weighted by molar-refractivity contribution is -0.117. The highest BCUT2D eigenvalue weighted by Crippen LogP contribution is 2.18. The van der Waals surface area contributed by atoms with E-state index in [1.165, 1.54) is 0 Å². The monoisotopic (exact) mass is 222 g/mol. The molecule has 0 saturated heterocycles. The van der Waals surface area contributed by atoms with Crippen LogP contribution >= 0.6 is 0 Å². The zero-order chi connectivity index (χ0) is 12.0. The van der Waals surface area contributed by atoms with Crippen molar-refractivity contribution >= 4 is 17.3 Å². The third-order valence-electron chi connectivity index (χ3n) is 2.34. The fourth-order valence-corrected chi connectivity index (χ4v) is 1.41. The van der Waals surface area contributed by atoms with Crippen LogP contribution in [0.4, 0.5) is 11.4 Å². The van der Waals surface area contributed by atoms with E-state index >= 15 is 0 Å². The number of rotatable bonds is 5. The molecule has 88 valence electrons. The second-order valence-electron chi connectivity index (χ2n) is 3.56. The minimum Gasteiger partial charge on any atom is -0.398 e. The molecule has 4 nitrogen and oxygen atoms in total. The second-order valence-corrected chi connectivity index (χ2v) is 3.56. The normalized spacial score (nSPS) is 10.1. The molecule has 1 aromatic rings. The van der Waals surface area contributed by atoms with E-state index in [0.717, 1.165) is 17.7 Å². The Hall–Kier alpha value is -1.55. The molecule has 0 bridgehead atoms. The number of nitrogens with two attached hydrogens (primary N) is 1. The van der Waals surface area contributed by atoms with Crippen LogP contribution in [0.2, 0.25) is 0 Å². The van der Waals surface area contributed by atoms with Gasteiger partial charge in [0.1, 0.15) is 0 Å². The maximum Gasteiger partial charge on any atom is 0.226 e. The van der Waals surface area contributed by atoms with Gasteiger partial charge in [0.15, 0.2) is 0 Å². The Morgan fingerprint density at radius 3 is 2.81 bits per heavy atom. The average molecular weight is 222 g/mol. The molecule has 1 rings (SSSR count). The van der Waals surface area contributed by atoms with Crippen molar-refractivity contribution in [3.63, 3.8) is 0 Å². The fraction of sp³-hybridized carbons (Fsp3) is 0.417. The van der Waals surface area contributed by atoms with Crippen molar-refractivity contribution in [1.82, 2.24) is 0 Å². The van der Waals surface area contributed by atoms with Gasteiger partial charge in [-0.15, -0.1) is 0 Å². The van der Waals surface area contributed by atoms with Crippen molar-refractivity contribution in [2.45, 2.75) is 19.8 Å². The number of methoxy groups -OCH3 is 1. The highest BCUT2D eigenvalue weighted by Gasteiger charge is 2.03. The molecule has 0 aliphatic carbocycles. The first-order chi connectivity index (χ1) is 7.67. The number of hydrogen-bond acceptors (Lipinski definition) is 3. The van der Waals surface area contributed by atoms with E-state index in [1.54, 1.807) is 13.2 Å². The van der Waals surface area contributed by atoms with Crippen LogP contribution in [0.5, 0.6) is 0 Å². The lowest BCUT2D eigenvalue weighted by Gasteiger charge is -2.08. The smallest absolute Gasteiger partial charge is 0.226 e. The summed E-state index contributed by atoms with van der Waals surface area (Å²) >= 11 is 0. The molecule has 1 amide bonds. The van der Waals surface area contributed by atoms with Gasteiger partial charge in [-0.05, 0) is 24.1 Å². The molecule has 3 N–H and O–H groups in total. The zero-order valence-corrected chi connectivity index (χ0v) is 9.75. The fourth-order valence-electron chi connectivity index (χ4n) is 1.41. The third kappa shape index (κ3) is 3.55. The number of benzene rings is 1. The van der Waals surface area contributed by atoms with Gasteiger partial charge in [0.05, 0.1) is 13.0 Å². The van der Waals surface area contributed by atoms with Crippen LogP contribution in [0.25, 0.3) is 0 Å². The number of aryl methyl sites for hydroxylation is 1. The lowest BCUT2D eigenvalue weighted by atomic mass is 10.1. The summed E-state index contributed by atoms with van der Waals surface area (Å²) in [6.45, 7) is 2.47. The van der Waals surface area contributed by atoms with Crippen LogP contribution < -0.4 is 11.1 Å². The molecule has 0 spiro atoms. The molecule has 4 heteroatoms. The van der Waals surface area contributed by atoms with Crippen molar-refractivity contribution in [1.29, 1.82) is 0 Å². The molecule has 0 aromatic heterocycles. The van der Waals surface area contributed by atoms with Crippen LogP contribution in [0.15, 0.2) is 18.2 Å². The maximum absolute atomic E-state index is 11.4. The Kier molecular flexibility index (Phi) is 4.79. The first-order valence-electron chi connectivity index (χ1n) is 5.34. The van der Waals surface area contributed by atoms with Gasteiger partial charge in [0, 0.05) is 18.5 Å². The Labute approximate surface area is 95.8 Å². The summed E-state index contributed by atoms with van der Waals surface area (Å²) in [5.74, 6) is -0.0644. The van der Waals surface area contributed by atoms with Gasteiger partial charge >= 0.3 is 0 Å². The topological polar surface area (TPSA) is 64.3 Å². The van der Waals surface area contributed by atoms with E-state index in [2.05, 4.69) is 5.32 Å². The summed E-state index contributed by atoms with van der Waals surface area (Å²) in [6.07, 6.45) is 1.25. The first-order valence-corrected chi connectivity index (χ1v) is 5.34. The summed E-state index contributed by atoms with van der Waals surface area (Å²) in [5, 5.41) is 2.77. The van der Waals surface area contributed by atoms with Crippen LogP contribution in [-0.2, 0) is 16.0 Å². The standard InChI is InChI=1S/C12H18N2O2/c1-3-9-4-5-10(8-11(9)13)14-12(15)6-7-16-2/h4-5,8H,3,6-7,13H2,1-2H3,(H,14,15).